The molecule has 3 fully saturated rings. The highest BCUT2D eigenvalue weighted by Gasteiger charge is 2.59. The molecule has 5 rings (SSSR count). The van der Waals surface area contributed by atoms with Crippen LogP contribution in [0.3, 0.4) is 0 Å². The van der Waals surface area contributed by atoms with E-state index in [0.29, 0.717) is 22.1 Å². The van der Waals surface area contributed by atoms with Gasteiger partial charge in [0.2, 0.25) is 0 Å². The summed E-state index contributed by atoms with van der Waals surface area (Å²) in [5.74, 6) is 2.86. The molecule has 0 heterocycles. The number of aliphatic hydroxyl groups is 2. The van der Waals surface area contributed by atoms with E-state index in [9.17, 15) is 10.2 Å². The minimum atomic E-state index is -0.357. The van der Waals surface area contributed by atoms with Crippen LogP contribution < -0.4 is 4.74 Å². The van der Waals surface area contributed by atoms with Gasteiger partial charge in [0, 0.05) is 11.3 Å². The molecule has 4 aliphatic rings. The molecule has 0 aromatic heterocycles. The van der Waals surface area contributed by atoms with Crippen molar-refractivity contribution in [3.63, 3.8) is 0 Å². The van der Waals surface area contributed by atoms with E-state index in [1.807, 2.05) is 12.1 Å². The maximum atomic E-state index is 11.4. The summed E-state index contributed by atoms with van der Waals surface area (Å²) in [5.41, 5.74) is 3.20. The van der Waals surface area contributed by atoms with Crippen LogP contribution in [0.2, 0.25) is 5.02 Å². The van der Waals surface area contributed by atoms with Gasteiger partial charge in [-0.3, -0.25) is 0 Å². The minimum Gasteiger partial charge on any atom is -0.490 e. The van der Waals surface area contributed by atoms with Gasteiger partial charge >= 0.3 is 0 Å². The van der Waals surface area contributed by atoms with E-state index in [1.54, 1.807) is 5.57 Å². The Kier molecular flexibility index (Phi) is 5.68. The molecule has 2 N–H and O–H groups in total. The highest BCUT2D eigenvalue weighted by molar-refractivity contribution is 6.32. The third-order valence-corrected chi connectivity index (χ3v) is 10.0. The van der Waals surface area contributed by atoms with Gasteiger partial charge in [-0.2, -0.15) is 0 Å². The first-order chi connectivity index (χ1) is 14.9. The first kappa shape index (κ1) is 21.8. The van der Waals surface area contributed by atoms with Gasteiger partial charge in [0.15, 0.2) is 0 Å². The molecule has 0 aliphatic heterocycles. The molecule has 0 bridgehead atoms. The number of hydrogen-bond donors (Lipinski definition) is 2. The Morgan fingerprint density at radius 2 is 1.97 bits per heavy atom. The van der Waals surface area contributed by atoms with Crippen LogP contribution in [-0.4, -0.2) is 29.5 Å². The fraction of sp³-hybridized carbons (Fsp3) is 0.704. The average Bonchev–Trinajstić information content (AvgIpc) is 3.15. The lowest BCUT2D eigenvalue weighted by atomic mass is 9.45. The summed E-state index contributed by atoms with van der Waals surface area (Å²) in [6, 6.07) is 6.00. The zero-order valence-corrected chi connectivity index (χ0v) is 19.7. The summed E-state index contributed by atoms with van der Waals surface area (Å²) < 4.78 is 5.72. The second-order valence-electron chi connectivity index (χ2n) is 11.1. The highest BCUT2D eigenvalue weighted by Crippen LogP contribution is 2.67. The zero-order chi connectivity index (χ0) is 21.8. The molecule has 0 amide bonds. The topological polar surface area (TPSA) is 49.7 Å². The van der Waals surface area contributed by atoms with Crippen molar-refractivity contribution in [2.75, 3.05) is 13.2 Å². The summed E-state index contributed by atoms with van der Waals surface area (Å²) in [7, 11) is 0. The third-order valence-electron chi connectivity index (χ3n) is 9.72. The first-order valence-electron chi connectivity index (χ1n) is 12.3. The number of fused-ring (bicyclic) bond motifs is 5. The molecule has 7 atom stereocenters. The number of halogens is 1. The predicted octanol–water partition coefficient (Wildman–Crippen LogP) is 6.12. The minimum absolute atomic E-state index is 0.0212. The fourth-order valence-corrected chi connectivity index (χ4v) is 8.48. The number of rotatable bonds is 4. The Morgan fingerprint density at radius 3 is 2.77 bits per heavy atom. The monoisotopic (exact) mass is 444 g/mol. The van der Waals surface area contributed by atoms with Crippen molar-refractivity contribution in [2.24, 2.45) is 28.6 Å². The van der Waals surface area contributed by atoms with Gasteiger partial charge in [0.05, 0.1) is 17.7 Å². The molecule has 0 saturated heterocycles. The van der Waals surface area contributed by atoms with Crippen LogP contribution in [0.1, 0.15) is 76.7 Å². The number of benzene rings is 1. The van der Waals surface area contributed by atoms with Crippen molar-refractivity contribution in [3.8, 4) is 5.75 Å². The Labute approximate surface area is 191 Å². The fourth-order valence-electron chi connectivity index (χ4n) is 8.31. The molecule has 3 nitrogen and oxygen atoms in total. The van der Waals surface area contributed by atoms with Crippen LogP contribution >= 0.6 is 11.6 Å². The van der Waals surface area contributed by atoms with Crippen LogP contribution in [0.5, 0.6) is 5.75 Å². The average molecular weight is 445 g/mol. The molecule has 4 heteroatoms. The lowest BCUT2D eigenvalue weighted by Gasteiger charge is -2.60. The second kappa shape index (κ2) is 8.08. The van der Waals surface area contributed by atoms with E-state index in [4.69, 9.17) is 16.3 Å². The maximum absolute atomic E-state index is 11.4. The van der Waals surface area contributed by atoms with E-state index in [1.165, 1.54) is 38.5 Å². The lowest BCUT2D eigenvalue weighted by molar-refractivity contribution is -0.0595. The summed E-state index contributed by atoms with van der Waals surface area (Å²) >= 11 is 6.39. The predicted molar refractivity (Wildman–Crippen MR) is 124 cm³/mol. The Balaban J connectivity index is 1.55. The van der Waals surface area contributed by atoms with E-state index in [2.05, 4.69) is 26.0 Å². The van der Waals surface area contributed by atoms with Gasteiger partial charge < -0.3 is 14.9 Å². The Bertz CT molecular complexity index is 866. The van der Waals surface area contributed by atoms with Crippen LogP contribution in [0, 0.1) is 28.6 Å². The lowest BCUT2D eigenvalue weighted by Crippen LogP contribution is -2.53. The van der Waals surface area contributed by atoms with Crippen LogP contribution in [0.15, 0.2) is 29.8 Å². The summed E-state index contributed by atoms with van der Waals surface area (Å²) in [5, 5.41) is 21.1. The molecular formula is C27H37ClO3. The Morgan fingerprint density at radius 1 is 1.13 bits per heavy atom. The molecule has 170 valence electrons. The van der Waals surface area contributed by atoms with Gasteiger partial charge in [0.1, 0.15) is 12.4 Å². The maximum Gasteiger partial charge on any atom is 0.138 e. The number of ether oxygens (including phenoxy) is 1. The number of aliphatic hydroxyl groups excluding tert-OH is 2. The standard InChI is InChI=1S/C27H37ClO3/c1-26-12-3-4-20(26)19-8-6-18-7-10-23(30)25(27(18,2)21(19)11-13-26)17-5-9-22(28)24(16-17)31-15-14-29/h5-6,9,16,19-21,23,25,29-30H,3-4,7-8,10-15H2,1-2H3/t19-,20-,21+,23?,25?,26-,27-/m0/s1. The molecule has 31 heavy (non-hydrogen) atoms. The van der Waals surface area contributed by atoms with Gasteiger partial charge in [-0.25, -0.2) is 0 Å². The van der Waals surface area contributed by atoms with E-state index < -0.39 is 0 Å². The van der Waals surface area contributed by atoms with Crippen molar-refractivity contribution in [2.45, 2.75) is 77.2 Å². The normalized spacial score (nSPS) is 41.7. The summed E-state index contributed by atoms with van der Waals surface area (Å²) in [4.78, 5) is 0. The highest BCUT2D eigenvalue weighted by atomic mass is 35.5. The van der Waals surface area contributed by atoms with E-state index in [0.717, 1.165) is 30.2 Å². The van der Waals surface area contributed by atoms with Crippen molar-refractivity contribution in [1.82, 2.24) is 0 Å². The van der Waals surface area contributed by atoms with Crippen molar-refractivity contribution >= 4 is 11.6 Å². The number of allylic oxidation sites excluding steroid dienone is 2. The van der Waals surface area contributed by atoms with E-state index >= 15 is 0 Å². The second-order valence-corrected chi connectivity index (χ2v) is 11.5. The summed E-state index contributed by atoms with van der Waals surface area (Å²) in [6.45, 7) is 5.17. The molecule has 0 radical (unpaired) electrons. The molecular weight excluding hydrogens is 408 g/mol. The number of hydrogen-bond acceptors (Lipinski definition) is 3. The Hall–Kier alpha value is -1.03. The van der Waals surface area contributed by atoms with Gasteiger partial charge in [-0.15, -0.1) is 0 Å². The molecule has 3 saturated carbocycles. The van der Waals surface area contributed by atoms with Crippen LogP contribution in [-0.2, 0) is 0 Å². The van der Waals surface area contributed by atoms with E-state index in [-0.39, 0.29) is 30.7 Å². The first-order valence-corrected chi connectivity index (χ1v) is 12.7. The van der Waals surface area contributed by atoms with Gasteiger partial charge in [-0.05, 0) is 85.8 Å². The molecule has 1 aromatic rings. The SMILES string of the molecule is C[C@@]12CCC[C@H]1[C@@H]1CC=C3CCC(O)C(c4ccc(Cl)c(OCCO)c4)[C@]3(C)[C@@H]1CC2. The van der Waals surface area contributed by atoms with Crippen LogP contribution in [0.4, 0.5) is 0 Å². The molecule has 0 spiro atoms. The third kappa shape index (κ3) is 3.38. The zero-order valence-electron chi connectivity index (χ0n) is 18.9. The molecule has 2 unspecified atom stereocenters. The van der Waals surface area contributed by atoms with Crippen molar-refractivity contribution in [1.29, 1.82) is 0 Å². The summed E-state index contributed by atoms with van der Waals surface area (Å²) in [6.07, 6.45) is 12.0. The smallest absolute Gasteiger partial charge is 0.138 e. The largest absolute Gasteiger partial charge is 0.490 e. The van der Waals surface area contributed by atoms with Crippen LogP contribution in [0.25, 0.3) is 0 Å². The van der Waals surface area contributed by atoms with Gasteiger partial charge in [0.25, 0.3) is 0 Å². The quantitative estimate of drug-likeness (QED) is 0.550. The van der Waals surface area contributed by atoms with Gasteiger partial charge in [-0.1, -0.05) is 49.6 Å². The van der Waals surface area contributed by atoms with Crippen molar-refractivity contribution in [3.05, 3.63) is 40.4 Å². The molecule has 1 aromatic carbocycles. The van der Waals surface area contributed by atoms with Crippen molar-refractivity contribution < 1.29 is 14.9 Å². The molecule has 4 aliphatic carbocycles.